The van der Waals surface area contributed by atoms with Gasteiger partial charge in [-0.05, 0) is 100 Å². The lowest BCUT2D eigenvalue weighted by Crippen LogP contribution is -2.14. The van der Waals surface area contributed by atoms with Crippen LogP contribution in [0.2, 0.25) is 0 Å². The van der Waals surface area contributed by atoms with Gasteiger partial charge in [-0.2, -0.15) is 0 Å². The van der Waals surface area contributed by atoms with Crippen molar-refractivity contribution in [3.63, 3.8) is 0 Å². The number of benzene rings is 8. The molecule has 3 nitrogen and oxygen atoms in total. The van der Waals surface area contributed by atoms with E-state index in [4.69, 9.17) is 4.42 Å². The molecule has 0 radical (unpaired) electrons. The molecule has 3 aromatic heterocycles. The third-order valence-corrected chi connectivity index (χ3v) is 12.1. The van der Waals surface area contributed by atoms with Crippen LogP contribution >= 0.6 is 0 Å². The Hall–Kier alpha value is -6.84. The predicted octanol–water partition coefficient (Wildman–Crippen LogP) is 13.8. The summed E-state index contributed by atoms with van der Waals surface area (Å²) >= 11 is 0. The lowest BCUT2D eigenvalue weighted by Gasteiger charge is -2.21. The van der Waals surface area contributed by atoms with Crippen LogP contribution in [0.1, 0.15) is 25.0 Å². The second kappa shape index (κ2) is 10.6. The van der Waals surface area contributed by atoms with Gasteiger partial charge in [0.2, 0.25) is 0 Å². The molecule has 3 heterocycles. The first kappa shape index (κ1) is 29.7. The van der Waals surface area contributed by atoms with Crippen LogP contribution in [-0.4, -0.2) is 9.13 Å². The quantitative estimate of drug-likeness (QED) is 0.181. The summed E-state index contributed by atoms with van der Waals surface area (Å²) in [6, 6.07) is 62.2. The Balaban J connectivity index is 1.02. The van der Waals surface area contributed by atoms with Crippen LogP contribution in [0.15, 0.2) is 174 Å². The molecular formula is C51H34N2O. The predicted molar refractivity (Wildman–Crippen MR) is 225 cm³/mol. The molecule has 12 rings (SSSR count). The molecule has 254 valence electrons. The van der Waals surface area contributed by atoms with E-state index in [1.54, 1.807) is 0 Å². The van der Waals surface area contributed by atoms with E-state index in [0.717, 1.165) is 33.3 Å². The van der Waals surface area contributed by atoms with Crippen LogP contribution in [0.4, 0.5) is 0 Å². The van der Waals surface area contributed by atoms with E-state index >= 15 is 0 Å². The van der Waals surface area contributed by atoms with Crippen molar-refractivity contribution in [2.45, 2.75) is 19.3 Å². The van der Waals surface area contributed by atoms with Crippen molar-refractivity contribution in [1.82, 2.24) is 9.13 Å². The molecule has 8 aromatic carbocycles. The van der Waals surface area contributed by atoms with E-state index in [1.807, 2.05) is 6.07 Å². The topological polar surface area (TPSA) is 23.0 Å². The third-order valence-electron chi connectivity index (χ3n) is 12.1. The van der Waals surface area contributed by atoms with Crippen LogP contribution in [0.25, 0.3) is 99.2 Å². The number of furan rings is 1. The largest absolute Gasteiger partial charge is 0.456 e. The van der Waals surface area contributed by atoms with Gasteiger partial charge in [-0.1, -0.05) is 117 Å². The molecule has 0 saturated carbocycles. The first-order valence-corrected chi connectivity index (χ1v) is 18.8. The smallest absolute Gasteiger partial charge is 0.136 e. The van der Waals surface area contributed by atoms with Gasteiger partial charge < -0.3 is 13.6 Å². The van der Waals surface area contributed by atoms with Crippen molar-refractivity contribution in [2.75, 3.05) is 0 Å². The van der Waals surface area contributed by atoms with Gasteiger partial charge in [-0.15, -0.1) is 0 Å². The highest BCUT2D eigenvalue weighted by molar-refractivity contribution is 6.18. The molecule has 0 atom stereocenters. The van der Waals surface area contributed by atoms with E-state index in [2.05, 4.69) is 187 Å². The maximum absolute atomic E-state index is 6.43. The average Bonchev–Trinajstić information content (AvgIpc) is 3.91. The monoisotopic (exact) mass is 690 g/mol. The standard InChI is InChI=1S/C51H34N2O/c1-51(2)43-15-7-3-11-35(43)39-27-40-41-29-50-42(38-14-6-10-18-49(38)54-50)28-47(41)53(48(40)30-44(39)51)34-25-21-32(22-26-34)31-19-23-33(24-20-31)52-45-16-8-4-12-36(45)37-13-5-9-17-46(37)52/h3-30H,1-2H3. The van der Waals surface area contributed by atoms with Gasteiger partial charge in [0, 0.05) is 49.1 Å². The van der Waals surface area contributed by atoms with Gasteiger partial charge in [0.15, 0.2) is 0 Å². The highest BCUT2D eigenvalue weighted by atomic mass is 16.3. The summed E-state index contributed by atoms with van der Waals surface area (Å²) in [5, 5.41) is 7.27. The number of rotatable bonds is 3. The molecule has 3 heteroatoms. The lowest BCUT2D eigenvalue weighted by atomic mass is 9.82. The summed E-state index contributed by atoms with van der Waals surface area (Å²) in [7, 11) is 0. The Morgan fingerprint density at radius 1 is 0.370 bits per heavy atom. The molecule has 1 aliphatic rings. The molecule has 0 amide bonds. The molecule has 0 saturated heterocycles. The van der Waals surface area contributed by atoms with E-state index in [0.29, 0.717) is 0 Å². The molecule has 0 spiro atoms. The summed E-state index contributed by atoms with van der Waals surface area (Å²) in [5.74, 6) is 0. The van der Waals surface area contributed by atoms with Gasteiger partial charge in [0.05, 0.1) is 22.1 Å². The van der Waals surface area contributed by atoms with Crippen molar-refractivity contribution in [3.05, 3.63) is 181 Å². The van der Waals surface area contributed by atoms with Crippen LogP contribution in [0, 0.1) is 0 Å². The zero-order valence-electron chi connectivity index (χ0n) is 30.0. The zero-order chi connectivity index (χ0) is 35.7. The van der Waals surface area contributed by atoms with Crippen molar-refractivity contribution in [1.29, 1.82) is 0 Å². The molecule has 0 fully saturated rings. The van der Waals surface area contributed by atoms with Crippen molar-refractivity contribution < 1.29 is 4.42 Å². The minimum absolute atomic E-state index is 0.0968. The Kier molecular flexibility index (Phi) is 5.84. The average molecular weight is 691 g/mol. The van der Waals surface area contributed by atoms with E-state index in [1.165, 1.54) is 77.0 Å². The molecule has 0 bridgehead atoms. The fraction of sp³-hybridized carbons (Fsp3) is 0.0588. The molecule has 11 aromatic rings. The molecule has 0 aliphatic heterocycles. The van der Waals surface area contributed by atoms with Crippen LogP contribution in [0.3, 0.4) is 0 Å². The number of hydrogen-bond acceptors (Lipinski definition) is 1. The minimum Gasteiger partial charge on any atom is -0.456 e. The van der Waals surface area contributed by atoms with Gasteiger partial charge in [0.25, 0.3) is 0 Å². The molecule has 0 unspecified atom stereocenters. The summed E-state index contributed by atoms with van der Waals surface area (Å²) in [6.07, 6.45) is 0. The van der Waals surface area contributed by atoms with Crippen LogP contribution in [0.5, 0.6) is 0 Å². The Bertz CT molecular complexity index is 3280. The maximum Gasteiger partial charge on any atom is 0.136 e. The van der Waals surface area contributed by atoms with E-state index in [-0.39, 0.29) is 5.41 Å². The van der Waals surface area contributed by atoms with E-state index < -0.39 is 0 Å². The normalized spacial score (nSPS) is 13.5. The number of hydrogen-bond donors (Lipinski definition) is 0. The molecule has 0 N–H and O–H groups in total. The highest BCUT2D eigenvalue weighted by Gasteiger charge is 2.36. The Morgan fingerprint density at radius 3 is 1.59 bits per heavy atom. The fourth-order valence-electron chi connectivity index (χ4n) is 9.51. The molecular weight excluding hydrogens is 657 g/mol. The van der Waals surface area contributed by atoms with Gasteiger partial charge in [0.1, 0.15) is 11.2 Å². The van der Waals surface area contributed by atoms with Crippen LogP contribution in [-0.2, 0) is 5.41 Å². The van der Waals surface area contributed by atoms with Gasteiger partial charge >= 0.3 is 0 Å². The molecule has 1 aliphatic carbocycles. The van der Waals surface area contributed by atoms with Gasteiger partial charge in [-0.25, -0.2) is 0 Å². The highest BCUT2D eigenvalue weighted by Crippen LogP contribution is 2.51. The fourth-order valence-corrected chi connectivity index (χ4v) is 9.51. The maximum atomic E-state index is 6.43. The number of fused-ring (bicyclic) bond motifs is 12. The minimum atomic E-state index is -0.0968. The summed E-state index contributed by atoms with van der Waals surface area (Å²) < 4.78 is 11.3. The third kappa shape index (κ3) is 3.96. The first-order chi connectivity index (χ1) is 26.5. The van der Waals surface area contributed by atoms with Gasteiger partial charge in [-0.3, -0.25) is 0 Å². The number of aromatic nitrogens is 2. The Labute approximate surface area is 311 Å². The van der Waals surface area contributed by atoms with Crippen molar-refractivity contribution in [3.8, 4) is 33.6 Å². The summed E-state index contributed by atoms with van der Waals surface area (Å²) in [5.41, 5.74) is 16.7. The SMILES string of the molecule is CC1(C)c2ccccc2-c2cc3c4cc5oc6ccccc6c5cc4n(-c4ccc(-c5ccc(-n6c7ccccc7c7ccccc76)cc5)cc4)c3cc21. The number of nitrogens with zero attached hydrogens (tertiary/aromatic N) is 2. The van der Waals surface area contributed by atoms with Crippen LogP contribution < -0.4 is 0 Å². The molecule has 54 heavy (non-hydrogen) atoms. The van der Waals surface area contributed by atoms with Crippen molar-refractivity contribution in [2.24, 2.45) is 0 Å². The lowest BCUT2D eigenvalue weighted by molar-refractivity contribution is 0.661. The van der Waals surface area contributed by atoms with E-state index in [9.17, 15) is 0 Å². The number of para-hydroxylation sites is 3. The summed E-state index contributed by atoms with van der Waals surface area (Å²) in [4.78, 5) is 0. The summed E-state index contributed by atoms with van der Waals surface area (Å²) in [6.45, 7) is 4.72. The Morgan fingerprint density at radius 2 is 0.907 bits per heavy atom. The zero-order valence-corrected chi connectivity index (χ0v) is 30.0. The van der Waals surface area contributed by atoms with Crippen molar-refractivity contribution >= 4 is 65.6 Å². The first-order valence-electron chi connectivity index (χ1n) is 18.8. The second-order valence-electron chi connectivity index (χ2n) is 15.3. The second-order valence-corrected chi connectivity index (χ2v) is 15.3.